The first-order valence-corrected chi connectivity index (χ1v) is 11.9. The third-order valence-electron chi connectivity index (χ3n) is 5.52. The highest BCUT2D eigenvalue weighted by atomic mass is 16.5. The fourth-order valence-electron chi connectivity index (χ4n) is 3.28. The van der Waals surface area contributed by atoms with E-state index >= 15 is 0 Å². The maximum absolute atomic E-state index is 6.01. The monoisotopic (exact) mass is 412 g/mol. The summed E-state index contributed by atoms with van der Waals surface area (Å²) in [5, 5.41) is 8.62. The average molecular weight is 413 g/mol. The van der Waals surface area contributed by atoms with Gasteiger partial charge in [-0.2, -0.15) is 0 Å². The Morgan fingerprint density at radius 3 is 2.13 bits per heavy atom. The topological polar surface area (TPSA) is 44.2 Å². The van der Waals surface area contributed by atoms with Crippen LogP contribution in [0.25, 0.3) is 11.3 Å². The largest absolute Gasteiger partial charge is 0.493 e. The third-order valence-corrected chi connectivity index (χ3v) is 5.52. The van der Waals surface area contributed by atoms with Gasteiger partial charge in [-0.05, 0) is 30.5 Å². The van der Waals surface area contributed by atoms with E-state index < -0.39 is 0 Å². The number of rotatable bonds is 16. The standard InChI is InChI=1S/C26H40N2O2/c1-4-6-7-8-9-10-11-12-15-20-29-26-19-18-24(27-28-26)23-16-13-14-17-25(23)30-21-22(3)5-2/h13-14,16-19,22H,4-12,15,20-21H2,1-3H3. The summed E-state index contributed by atoms with van der Waals surface area (Å²) in [4.78, 5) is 0. The Hall–Kier alpha value is -2.10. The number of aromatic nitrogens is 2. The van der Waals surface area contributed by atoms with Crippen molar-refractivity contribution in [2.75, 3.05) is 13.2 Å². The van der Waals surface area contributed by atoms with E-state index in [1.54, 1.807) is 0 Å². The second kappa shape index (κ2) is 14.8. The number of para-hydroxylation sites is 1. The van der Waals surface area contributed by atoms with Crippen molar-refractivity contribution in [3.8, 4) is 22.9 Å². The summed E-state index contributed by atoms with van der Waals surface area (Å²) in [5.41, 5.74) is 1.78. The Kier molecular flexibility index (Phi) is 11.9. The molecule has 0 radical (unpaired) electrons. The molecule has 4 heteroatoms. The van der Waals surface area contributed by atoms with Gasteiger partial charge >= 0.3 is 0 Å². The zero-order valence-corrected chi connectivity index (χ0v) is 19.2. The summed E-state index contributed by atoms with van der Waals surface area (Å²) >= 11 is 0. The molecule has 1 heterocycles. The molecule has 1 atom stereocenters. The fourth-order valence-corrected chi connectivity index (χ4v) is 3.28. The zero-order chi connectivity index (χ0) is 21.4. The summed E-state index contributed by atoms with van der Waals surface area (Å²) in [6.45, 7) is 8.06. The molecule has 0 aliphatic rings. The molecule has 0 amide bonds. The second-order valence-electron chi connectivity index (χ2n) is 8.25. The van der Waals surface area contributed by atoms with Crippen LogP contribution in [0, 0.1) is 5.92 Å². The molecule has 0 N–H and O–H groups in total. The van der Waals surface area contributed by atoms with E-state index in [2.05, 4.69) is 31.0 Å². The van der Waals surface area contributed by atoms with E-state index in [1.807, 2.05) is 36.4 Å². The van der Waals surface area contributed by atoms with Crippen molar-refractivity contribution < 1.29 is 9.47 Å². The minimum absolute atomic E-state index is 0.529. The highest BCUT2D eigenvalue weighted by molar-refractivity contribution is 5.66. The molecule has 1 unspecified atom stereocenters. The smallest absolute Gasteiger partial charge is 0.233 e. The van der Waals surface area contributed by atoms with E-state index in [9.17, 15) is 0 Å². The van der Waals surface area contributed by atoms with Crippen LogP contribution in [0.2, 0.25) is 0 Å². The summed E-state index contributed by atoms with van der Waals surface area (Å²) in [6.07, 6.45) is 12.9. The lowest BCUT2D eigenvalue weighted by atomic mass is 10.1. The number of benzene rings is 1. The molecule has 0 bridgehead atoms. The van der Waals surface area contributed by atoms with Gasteiger partial charge < -0.3 is 9.47 Å². The molecule has 2 rings (SSSR count). The van der Waals surface area contributed by atoms with Gasteiger partial charge in [0.15, 0.2) is 0 Å². The maximum atomic E-state index is 6.01. The Morgan fingerprint density at radius 2 is 1.47 bits per heavy atom. The Morgan fingerprint density at radius 1 is 0.767 bits per heavy atom. The van der Waals surface area contributed by atoms with Crippen molar-refractivity contribution in [2.24, 2.45) is 5.92 Å². The number of nitrogens with zero attached hydrogens (tertiary/aromatic N) is 2. The van der Waals surface area contributed by atoms with Crippen molar-refractivity contribution in [1.29, 1.82) is 0 Å². The molecule has 2 aromatic rings. The molecule has 1 aromatic heterocycles. The van der Waals surface area contributed by atoms with Crippen LogP contribution >= 0.6 is 0 Å². The van der Waals surface area contributed by atoms with Crippen molar-refractivity contribution in [3.05, 3.63) is 36.4 Å². The lowest BCUT2D eigenvalue weighted by Crippen LogP contribution is -2.08. The summed E-state index contributed by atoms with van der Waals surface area (Å²) in [7, 11) is 0. The Balaban J connectivity index is 1.71. The lowest BCUT2D eigenvalue weighted by molar-refractivity contribution is 0.257. The van der Waals surface area contributed by atoms with Gasteiger partial charge in [0.25, 0.3) is 0 Å². The van der Waals surface area contributed by atoms with Crippen LogP contribution in [0.15, 0.2) is 36.4 Å². The van der Waals surface area contributed by atoms with Crippen LogP contribution in [0.4, 0.5) is 0 Å². The lowest BCUT2D eigenvalue weighted by Gasteiger charge is -2.14. The van der Waals surface area contributed by atoms with Gasteiger partial charge in [0.05, 0.1) is 18.9 Å². The van der Waals surface area contributed by atoms with Gasteiger partial charge in [0, 0.05) is 11.6 Å². The molecule has 0 spiro atoms. The van der Waals surface area contributed by atoms with Gasteiger partial charge in [-0.15, -0.1) is 10.2 Å². The van der Waals surface area contributed by atoms with Crippen LogP contribution in [0.5, 0.6) is 11.6 Å². The minimum atomic E-state index is 0.529. The molecule has 0 aliphatic heterocycles. The highest BCUT2D eigenvalue weighted by Gasteiger charge is 2.10. The van der Waals surface area contributed by atoms with Gasteiger partial charge in [-0.3, -0.25) is 0 Å². The van der Waals surface area contributed by atoms with E-state index in [-0.39, 0.29) is 0 Å². The van der Waals surface area contributed by atoms with Gasteiger partial charge in [0.1, 0.15) is 5.75 Å². The third kappa shape index (κ3) is 9.15. The molecule has 0 saturated carbocycles. The minimum Gasteiger partial charge on any atom is -0.493 e. The molecule has 0 saturated heterocycles. The van der Waals surface area contributed by atoms with Crippen molar-refractivity contribution in [3.63, 3.8) is 0 Å². The van der Waals surface area contributed by atoms with Crippen LogP contribution in [0.1, 0.15) is 85.0 Å². The van der Waals surface area contributed by atoms with E-state index in [1.165, 1.54) is 51.4 Å². The van der Waals surface area contributed by atoms with Crippen LogP contribution in [-0.2, 0) is 0 Å². The summed E-state index contributed by atoms with van der Waals surface area (Å²) in [5.74, 6) is 1.98. The zero-order valence-electron chi connectivity index (χ0n) is 19.2. The van der Waals surface area contributed by atoms with Gasteiger partial charge in [0.2, 0.25) is 5.88 Å². The predicted molar refractivity (Wildman–Crippen MR) is 125 cm³/mol. The SMILES string of the molecule is CCCCCCCCCCCOc1ccc(-c2ccccc2OCC(C)CC)nn1. The molecule has 0 fully saturated rings. The molecule has 4 nitrogen and oxygen atoms in total. The summed E-state index contributed by atoms with van der Waals surface area (Å²) < 4.78 is 11.8. The quantitative estimate of drug-likeness (QED) is 0.268. The molecular formula is C26H40N2O2. The number of hydrogen-bond acceptors (Lipinski definition) is 4. The molecule has 166 valence electrons. The number of ether oxygens (including phenoxy) is 2. The first-order valence-electron chi connectivity index (χ1n) is 11.9. The van der Waals surface area contributed by atoms with E-state index in [4.69, 9.17) is 9.47 Å². The fraction of sp³-hybridized carbons (Fsp3) is 0.615. The van der Waals surface area contributed by atoms with Crippen molar-refractivity contribution in [1.82, 2.24) is 10.2 Å². The maximum Gasteiger partial charge on any atom is 0.233 e. The first kappa shape index (κ1) is 24.2. The molecule has 1 aromatic carbocycles. The Bertz CT molecular complexity index is 688. The Labute approximate surface area is 183 Å². The highest BCUT2D eigenvalue weighted by Crippen LogP contribution is 2.29. The second-order valence-corrected chi connectivity index (χ2v) is 8.25. The van der Waals surface area contributed by atoms with Gasteiger partial charge in [-0.1, -0.05) is 90.7 Å². The normalized spacial score (nSPS) is 12.0. The van der Waals surface area contributed by atoms with Gasteiger partial charge in [-0.25, -0.2) is 0 Å². The molecule has 0 aliphatic carbocycles. The van der Waals surface area contributed by atoms with Crippen molar-refractivity contribution in [2.45, 2.75) is 85.0 Å². The van der Waals surface area contributed by atoms with E-state index in [0.717, 1.165) is 29.8 Å². The van der Waals surface area contributed by atoms with Crippen LogP contribution in [-0.4, -0.2) is 23.4 Å². The first-order chi connectivity index (χ1) is 14.7. The van der Waals surface area contributed by atoms with E-state index in [0.29, 0.717) is 25.0 Å². The average Bonchev–Trinajstić information content (AvgIpc) is 2.79. The predicted octanol–water partition coefficient (Wildman–Crippen LogP) is 7.48. The molecular weight excluding hydrogens is 372 g/mol. The summed E-state index contributed by atoms with van der Waals surface area (Å²) in [6, 6.07) is 11.9. The van der Waals surface area contributed by atoms with Crippen molar-refractivity contribution >= 4 is 0 Å². The van der Waals surface area contributed by atoms with Crippen LogP contribution < -0.4 is 9.47 Å². The molecule has 30 heavy (non-hydrogen) atoms. The number of unbranched alkanes of at least 4 members (excludes halogenated alkanes) is 8. The number of hydrogen-bond donors (Lipinski definition) is 0. The van der Waals surface area contributed by atoms with Crippen LogP contribution in [0.3, 0.4) is 0 Å².